The molecule has 7 nitrogen and oxygen atoms in total. The van der Waals surface area contributed by atoms with E-state index >= 15 is 0 Å². The number of thiophene rings is 1. The van der Waals surface area contributed by atoms with Gasteiger partial charge in [0.25, 0.3) is 0 Å². The molecule has 129 heavy (non-hydrogen) atoms. The van der Waals surface area contributed by atoms with Crippen LogP contribution in [0.5, 0.6) is 0 Å². The summed E-state index contributed by atoms with van der Waals surface area (Å²) in [5, 5.41) is 29.8. The van der Waals surface area contributed by atoms with Gasteiger partial charge in [-0.3, -0.25) is 13.2 Å². The number of hydrogen-bond donors (Lipinski definition) is 0. The molecule has 598 valence electrons. The first-order valence-electron chi connectivity index (χ1n) is 44.0. The molecular formula is C121H72N6OS. The lowest BCUT2D eigenvalue weighted by Gasteiger charge is -2.13. The number of para-hydroxylation sites is 1. The van der Waals surface area contributed by atoms with Crippen molar-refractivity contribution in [1.82, 2.24) is 28.2 Å². The van der Waals surface area contributed by atoms with E-state index in [1.54, 1.807) is 0 Å². The van der Waals surface area contributed by atoms with E-state index in [1.165, 1.54) is 184 Å². The van der Waals surface area contributed by atoms with E-state index in [1.807, 2.05) is 23.5 Å². The molecule has 8 aromatic heterocycles. The van der Waals surface area contributed by atoms with Crippen molar-refractivity contribution in [2.24, 2.45) is 0 Å². The Morgan fingerprint density at radius 1 is 0.186 bits per heavy atom. The summed E-state index contributed by atoms with van der Waals surface area (Å²) in [6.07, 6.45) is 6.37. The van der Waals surface area contributed by atoms with Crippen LogP contribution in [-0.4, -0.2) is 28.2 Å². The second-order valence-corrected chi connectivity index (χ2v) is 35.1. The Balaban J connectivity index is 0.0000000999. The van der Waals surface area contributed by atoms with Gasteiger partial charge in [-0.2, -0.15) is 0 Å². The number of imidazole rings is 3. The van der Waals surface area contributed by atoms with Crippen molar-refractivity contribution in [2.75, 3.05) is 0 Å². The van der Waals surface area contributed by atoms with Crippen molar-refractivity contribution in [2.45, 2.75) is 0 Å². The second kappa shape index (κ2) is 28.8. The largest absolute Gasteiger partial charge is 0.456 e. The minimum atomic E-state index is 0.912. The summed E-state index contributed by atoms with van der Waals surface area (Å²) in [6.45, 7) is 0. The molecule has 21 aromatic carbocycles. The molecule has 0 aliphatic carbocycles. The van der Waals surface area contributed by atoms with Crippen LogP contribution >= 0.6 is 11.3 Å². The zero-order valence-corrected chi connectivity index (χ0v) is 70.4. The van der Waals surface area contributed by atoms with Gasteiger partial charge in [0, 0.05) is 81.9 Å². The number of fused-ring (bicyclic) bond motifs is 37. The number of benzene rings is 21. The van der Waals surface area contributed by atoms with Gasteiger partial charge in [0.15, 0.2) is 0 Å². The Morgan fingerprint density at radius 3 is 1.00 bits per heavy atom. The molecule has 0 bridgehead atoms. The topological polar surface area (TPSA) is 65.0 Å². The third-order valence-electron chi connectivity index (χ3n) is 26.9. The van der Waals surface area contributed by atoms with E-state index in [4.69, 9.17) is 19.4 Å². The SMILES string of the molecule is c1cc(-c2ccc3c(c2)oc2ccccc23)cc(-c2ccc3c(c2)c2c4ccccc4ccc2c2nc4ccccn4c32)c1.c1cc(-c2ccc3c(c2)sc2ccccc23)cc(-c2ccc3c(c2)c2c4ccccc4ccc2c2nc4ccccn4c32)c1.c1ccc2c(-c3ccc(-c4ccc5c(c4)c4c6ccccc6ccc4c4nc6ccccn6c54)cc3)cccc2c1. The monoisotopic (exact) mass is 1660 g/mol. The molecule has 0 spiro atoms. The first-order chi connectivity index (χ1) is 63.9. The molecule has 0 aliphatic rings. The van der Waals surface area contributed by atoms with E-state index in [-0.39, 0.29) is 0 Å². The lowest BCUT2D eigenvalue weighted by atomic mass is 9.92. The zero-order chi connectivity index (χ0) is 84.5. The third kappa shape index (κ3) is 11.6. The molecule has 0 saturated carbocycles. The van der Waals surface area contributed by atoms with Gasteiger partial charge >= 0.3 is 0 Å². The van der Waals surface area contributed by atoms with Crippen LogP contribution in [0.3, 0.4) is 0 Å². The quantitative estimate of drug-likeness (QED) is 0.156. The average Bonchev–Trinajstić information content (AvgIpc) is 1.64. The summed E-state index contributed by atoms with van der Waals surface area (Å²) < 4.78 is 15.6. The molecule has 29 rings (SSSR count). The van der Waals surface area contributed by atoms with E-state index in [0.717, 1.165) is 83.1 Å². The van der Waals surface area contributed by atoms with E-state index in [0.29, 0.717) is 0 Å². The van der Waals surface area contributed by atoms with Crippen LogP contribution < -0.4 is 0 Å². The molecule has 0 fully saturated rings. The summed E-state index contributed by atoms with van der Waals surface area (Å²) in [5.74, 6) is 0. The van der Waals surface area contributed by atoms with Gasteiger partial charge in [-0.15, -0.1) is 11.3 Å². The minimum Gasteiger partial charge on any atom is -0.456 e. The summed E-state index contributed by atoms with van der Waals surface area (Å²) in [6, 6.07) is 151. The van der Waals surface area contributed by atoms with Crippen molar-refractivity contribution in [3.8, 4) is 66.8 Å². The lowest BCUT2D eigenvalue weighted by molar-refractivity contribution is 0.669. The Hall–Kier alpha value is -16.9. The molecule has 0 atom stereocenters. The first kappa shape index (κ1) is 72.5. The number of pyridine rings is 3. The molecule has 0 unspecified atom stereocenters. The van der Waals surface area contributed by atoms with Crippen molar-refractivity contribution in [1.29, 1.82) is 0 Å². The molecule has 29 aromatic rings. The highest BCUT2D eigenvalue weighted by atomic mass is 32.1. The number of hydrogen-bond acceptors (Lipinski definition) is 5. The second-order valence-electron chi connectivity index (χ2n) is 34.0. The average molecular weight is 1660 g/mol. The Bertz CT molecular complexity index is 9420. The van der Waals surface area contributed by atoms with Gasteiger partial charge in [-0.1, -0.05) is 322 Å². The van der Waals surface area contributed by atoms with Gasteiger partial charge in [0.05, 0.1) is 33.1 Å². The highest BCUT2D eigenvalue weighted by Crippen LogP contribution is 2.48. The summed E-state index contributed by atoms with van der Waals surface area (Å²) >= 11 is 1.87. The minimum absolute atomic E-state index is 0.912. The van der Waals surface area contributed by atoms with E-state index in [2.05, 4.69) is 438 Å². The zero-order valence-electron chi connectivity index (χ0n) is 69.6. The van der Waals surface area contributed by atoms with Crippen molar-refractivity contribution in [3.63, 3.8) is 0 Å². The third-order valence-corrected chi connectivity index (χ3v) is 28.0. The maximum absolute atomic E-state index is 6.21. The standard InChI is InChI=1S/C41H24N2O.C41H24N2S.C39H24N2/c2*1-2-11-30-25(8-1)15-20-34-39(30)35-23-28(17-19-33(35)41-40(34)42-38-14-5-6-21-43(38)41)26-9-7-10-27(22-26)29-16-18-32-31-12-3-4-13-36(31)44-37(32)24-29;1-3-11-30-26(8-1)10-7-13-31(30)28-17-15-25(16-18-28)29-20-21-33-35(24-29)37-32-12-4-2-9-27(32)19-22-34(37)38-39(33)41-23-6-5-14-36(41)40-38/h2*1-24H;1-24H. The van der Waals surface area contributed by atoms with Crippen LogP contribution in [0.2, 0.25) is 0 Å². The van der Waals surface area contributed by atoms with Gasteiger partial charge in [0.2, 0.25) is 0 Å². The number of rotatable bonds is 6. The Labute approximate surface area is 742 Å². The van der Waals surface area contributed by atoms with Crippen LogP contribution in [-0.2, 0) is 0 Å². The van der Waals surface area contributed by atoms with Crippen LogP contribution in [0.15, 0.2) is 442 Å². The number of furan rings is 1. The van der Waals surface area contributed by atoms with E-state index < -0.39 is 0 Å². The van der Waals surface area contributed by atoms with Crippen molar-refractivity contribution < 1.29 is 4.42 Å². The molecule has 0 amide bonds. The molecule has 0 saturated heterocycles. The number of aromatic nitrogens is 6. The predicted molar refractivity (Wildman–Crippen MR) is 546 cm³/mol. The Kier molecular flexibility index (Phi) is 16.2. The van der Waals surface area contributed by atoms with Crippen LogP contribution in [0.4, 0.5) is 0 Å². The first-order valence-corrected chi connectivity index (χ1v) is 44.8. The lowest BCUT2D eigenvalue weighted by Crippen LogP contribution is -1.89. The van der Waals surface area contributed by atoms with Crippen molar-refractivity contribution >= 4 is 211 Å². The number of nitrogens with zero attached hydrogens (tertiary/aromatic N) is 6. The Morgan fingerprint density at radius 2 is 0.512 bits per heavy atom. The highest BCUT2D eigenvalue weighted by Gasteiger charge is 2.23. The maximum atomic E-state index is 6.21. The maximum Gasteiger partial charge on any atom is 0.137 e. The van der Waals surface area contributed by atoms with Crippen LogP contribution in [0.1, 0.15) is 0 Å². The fourth-order valence-corrected chi connectivity index (χ4v) is 22.0. The molecule has 0 aliphatic heterocycles. The van der Waals surface area contributed by atoms with Gasteiger partial charge in [0.1, 0.15) is 28.1 Å². The predicted octanol–water partition coefficient (Wildman–Crippen LogP) is 33.3. The molecule has 8 heteroatoms. The summed E-state index contributed by atoms with van der Waals surface area (Å²) in [4.78, 5) is 15.3. The highest BCUT2D eigenvalue weighted by molar-refractivity contribution is 7.25. The normalized spacial score (nSPS) is 12.0. The van der Waals surface area contributed by atoms with Crippen LogP contribution in [0, 0.1) is 0 Å². The fraction of sp³-hybridized carbons (Fsp3) is 0. The smallest absolute Gasteiger partial charge is 0.137 e. The van der Waals surface area contributed by atoms with Gasteiger partial charge in [-0.25, -0.2) is 15.0 Å². The molecular weight excluding hydrogens is 1590 g/mol. The fourth-order valence-electron chi connectivity index (χ4n) is 20.9. The molecule has 8 heterocycles. The van der Waals surface area contributed by atoms with E-state index in [9.17, 15) is 0 Å². The molecule has 0 radical (unpaired) electrons. The molecule has 0 N–H and O–H groups in total. The van der Waals surface area contributed by atoms with Crippen molar-refractivity contribution in [3.05, 3.63) is 437 Å². The summed E-state index contributed by atoms with van der Waals surface area (Å²) in [5.41, 5.74) is 25.9. The van der Waals surface area contributed by atoms with Gasteiger partial charge in [-0.05, 0) is 239 Å². The van der Waals surface area contributed by atoms with Gasteiger partial charge < -0.3 is 4.42 Å². The summed E-state index contributed by atoms with van der Waals surface area (Å²) in [7, 11) is 0. The van der Waals surface area contributed by atoms with Crippen LogP contribution in [0.25, 0.3) is 267 Å².